The van der Waals surface area contributed by atoms with E-state index in [4.69, 9.17) is 5.11 Å². The number of aliphatic imine (C=N–C) groups is 1. The lowest BCUT2D eigenvalue weighted by Gasteiger charge is -2.02. The summed E-state index contributed by atoms with van der Waals surface area (Å²) in [6.07, 6.45) is 0. The van der Waals surface area contributed by atoms with Crippen LogP contribution in [0.4, 0.5) is 5.69 Å². The zero-order valence-corrected chi connectivity index (χ0v) is 8.53. The first-order chi connectivity index (χ1) is 6.50. The largest absolute Gasteiger partial charge is 0.478 e. The Labute approximate surface area is 83.1 Å². The molecular formula is C11H13NO2. The summed E-state index contributed by atoms with van der Waals surface area (Å²) in [7, 11) is 0. The Hall–Kier alpha value is -1.64. The lowest BCUT2D eigenvalue weighted by Crippen LogP contribution is -1.96. The minimum atomic E-state index is -0.906. The summed E-state index contributed by atoms with van der Waals surface area (Å²) in [5.74, 6) is -0.906. The number of aromatic carboxylic acids is 1. The quantitative estimate of drug-likeness (QED) is 0.731. The zero-order valence-electron chi connectivity index (χ0n) is 8.53. The molecule has 14 heavy (non-hydrogen) atoms. The van der Waals surface area contributed by atoms with Gasteiger partial charge >= 0.3 is 5.97 Å². The molecule has 0 aliphatic rings. The van der Waals surface area contributed by atoms with Crippen LogP contribution in [0.5, 0.6) is 0 Å². The van der Waals surface area contributed by atoms with Gasteiger partial charge in [0, 0.05) is 5.71 Å². The average molecular weight is 191 g/mol. The van der Waals surface area contributed by atoms with Crippen molar-refractivity contribution in [2.24, 2.45) is 4.99 Å². The predicted octanol–water partition coefficient (Wildman–Crippen LogP) is 2.81. The van der Waals surface area contributed by atoms with Crippen molar-refractivity contribution in [1.29, 1.82) is 0 Å². The number of benzene rings is 1. The maximum atomic E-state index is 10.7. The van der Waals surface area contributed by atoms with E-state index in [1.807, 2.05) is 20.8 Å². The van der Waals surface area contributed by atoms with Crippen molar-refractivity contribution in [2.75, 3.05) is 0 Å². The van der Waals surface area contributed by atoms with Gasteiger partial charge < -0.3 is 5.11 Å². The third-order valence-corrected chi connectivity index (χ3v) is 1.79. The highest BCUT2D eigenvalue weighted by Gasteiger charge is 2.04. The van der Waals surface area contributed by atoms with Gasteiger partial charge in [0.15, 0.2) is 0 Å². The first-order valence-corrected chi connectivity index (χ1v) is 4.36. The van der Waals surface area contributed by atoms with Crippen LogP contribution in [-0.4, -0.2) is 16.8 Å². The van der Waals surface area contributed by atoms with Crippen LogP contribution in [0, 0.1) is 6.92 Å². The van der Waals surface area contributed by atoms with E-state index in [1.165, 1.54) is 0 Å². The van der Waals surface area contributed by atoms with Gasteiger partial charge in [-0.1, -0.05) is 0 Å². The fourth-order valence-corrected chi connectivity index (χ4v) is 1.15. The molecule has 0 aliphatic heterocycles. The highest BCUT2D eigenvalue weighted by molar-refractivity contribution is 5.89. The van der Waals surface area contributed by atoms with E-state index in [0.717, 1.165) is 17.0 Å². The van der Waals surface area contributed by atoms with Crippen molar-refractivity contribution in [2.45, 2.75) is 20.8 Å². The number of carboxylic acid groups (broad SMARTS) is 1. The Balaban J connectivity index is 3.14. The van der Waals surface area contributed by atoms with Crippen LogP contribution < -0.4 is 0 Å². The molecular weight excluding hydrogens is 178 g/mol. The zero-order chi connectivity index (χ0) is 10.7. The first-order valence-electron chi connectivity index (χ1n) is 4.36. The molecule has 0 saturated carbocycles. The van der Waals surface area contributed by atoms with E-state index < -0.39 is 5.97 Å². The Morgan fingerprint density at radius 1 is 1.36 bits per heavy atom. The monoisotopic (exact) mass is 191 g/mol. The fourth-order valence-electron chi connectivity index (χ4n) is 1.15. The van der Waals surface area contributed by atoms with E-state index in [-0.39, 0.29) is 0 Å². The summed E-state index contributed by atoms with van der Waals surface area (Å²) < 4.78 is 0. The van der Waals surface area contributed by atoms with Gasteiger partial charge in [-0.3, -0.25) is 4.99 Å². The molecule has 3 nitrogen and oxygen atoms in total. The van der Waals surface area contributed by atoms with Crippen molar-refractivity contribution in [3.8, 4) is 0 Å². The summed E-state index contributed by atoms with van der Waals surface area (Å²) in [6, 6.07) is 4.92. The van der Waals surface area contributed by atoms with Gasteiger partial charge in [0.2, 0.25) is 0 Å². The van der Waals surface area contributed by atoms with Gasteiger partial charge in [-0.15, -0.1) is 0 Å². The number of hydrogen-bond acceptors (Lipinski definition) is 2. The van der Waals surface area contributed by atoms with Crippen LogP contribution in [0.15, 0.2) is 23.2 Å². The molecule has 74 valence electrons. The minimum Gasteiger partial charge on any atom is -0.478 e. The summed E-state index contributed by atoms with van der Waals surface area (Å²) in [4.78, 5) is 14.9. The molecule has 3 heteroatoms. The molecule has 0 bridgehead atoms. The van der Waals surface area contributed by atoms with E-state index in [9.17, 15) is 4.79 Å². The second kappa shape index (κ2) is 4.05. The van der Waals surface area contributed by atoms with Crippen LogP contribution in [-0.2, 0) is 0 Å². The number of aryl methyl sites for hydroxylation is 1. The maximum absolute atomic E-state index is 10.7. The predicted molar refractivity (Wildman–Crippen MR) is 56.6 cm³/mol. The van der Waals surface area contributed by atoms with Crippen molar-refractivity contribution in [3.63, 3.8) is 0 Å². The molecule has 0 radical (unpaired) electrons. The summed E-state index contributed by atoms with van der Waals surface area (Å²) in [5.41, 5.74) is 2.97. The molecule has 1 aromatic carbocycles. The van der Waals surface area contributed by atoms with E-state index in [2.05, 4.69) is 4.99 Å². The highest BCUT2D eigenvalue weighted by atomic mass is 16.4. The summed E-state index contributed by atoms with van der Waals surface area (Å²) in [6.45, 7) is 5.67. The molecule has 0 aliphatic carbocycles. The molecule has 0 unspecified atom stereocenters. The lowest BCUT2D eigenvalue weighted by atomic mass is 10.1. The Bertz CT molecular complexity index is 390. The summed E-state index contributed by atoms with van der Waals surface area (Å²) in [5, 5.41) is 8.75. The summed E-state index contributed by atoms with van der Waals surface area (Å²) >= 11 is 0. The van der Waals surface area contributed by atoms with Gasteiger partial charge in [0.25, 0.3) is 0 Å². The van der Waals surface area contributed by atoms with Crippen molar-refractivity contribution < 1.29 is 9.90 Å². The molecule has 0 aromatic heterocycles. The van der Waals surface area contributed by atoms with Crippen molar-refractivity contribution in [3.05, 3.63) is 29.3 Å². The van der Waals surface area contributed by atoms with Crippen LogP contribution in [0.25, 0.3) is 0 Å². The van der Waals surface area contributed by atoms with Crippen LogP contribution in [0.3, 0.4) is 0 Å². The Morgan fingerprint density at radius 3 is 2.43 bits per heavy atom. The molecule has 1 rings (SSSR count). The Morgan fingerprint density at radius 2 is 2.00 bits per heavy atom. The number of carbonyl (C=O) groups is 1. The highest BCUT2D eigenvalue weighted by Crippen LogP contribution is 2.19. The Kier molecular flexibility index (Phi) is 3.02. The van der Waals surface area contributed by atoms with Gasteiger partial charge in [-0.05, 0) is 44.5 Å². The molecule has 0 saturated heterocycles. The van der Waals surface area contributed by atoms with Gasteiger partial charge in [0.05, 0.1) is 11.3 Å². The van der Waals surface area contributed by atoms with Crippen LogP contribution in [0.1, 0.15) is 29.8 Å². The molecule has 0 amide bonds. The fraction of sp³-hybridized carbons (Fsp3) is 0.273. The molecule has 0 heterocycles. The SMILES string of the molecule is CC(C)=Nc1ccc(C(=O)O)cc1C. The van der Waals surface area contributed by atoms with Crippen LogP contribution in [0.2, 0.25) is 0 Å². The number of carboxylic acids is 1. The standard InChI is InChI=1S/C11H13NO2/c1-7(2)12-10-5-4-9(11(13)14)6-8(10)3/h4-6H,1-3H3,(H,13,14). The molecule has 1 aromatic rings. The number of nitrogens with zero attached hydrogens (tertiary/aromatic N) is 1. The first kappa shape index (κ1) is 10.4. The third kappa shape index (κ3) is 2.42. The molecule has 1 N–H and O–H groups in total. The normalized spacial score (nSPS) is 9.64. The van der Waals surface area contributed by atoms with E-state index in [0.29, 0.717) is 5.56 Å². The molecule has 0 fully saturated rings. The number of hydrogen-bond donors (Lipinski definition) is 1. The van der Waals surface area contributed by atoms with E-state index >= 15 is 0 Å². The average Bonchev–Trinajstić information content (AvgIpc) is 2.07. The van der Waals surface area contributed by atoms with E-state index in [1.54, 1.807) is 18.2 Å². The van der Waals surface area contributed by atoms with Crippen molar-refractivity contribution in [1.82, 2.24) is 0 Å². The van der Waals surface area contributed by atoms with Gasteiger partial charge in [0.1, 0.15) is 0 Å². The van der Waals surface area contributed by atoms with Gasteiger partial charge in [-0.2, -0.15) is 0 Å². The molecule has 0 spiro atoms. The molecule has 0 atom stereocenters. The van der Waals surface area contributed by atoms with Gasteiger partial charge in [-0.25, -0.2) is 4.79 Å². The topological polar surface area (TPSA) is 49.7 Å². The van der Waals surface area contributed by atoms with Crippen molar-refractivity contribution >= 4 is 17.4 Å². The lowest BCUT2D eigenvalue weighted by molar-refractivity contribution is 0.0697. The maximum Gasteiger partial charge on any atom is 0.335 e. The van der Waals surface area contributed by atoms with Crippen LogP contribution >= 0.6 is 0 Å². The number of rotatable bonds is 2. The second-order valence-electron chi connectivity index (χ2n) is 3.37. The second-order valence-corrected chi connectivity index (χ2v) is 3.37. The minimum absolute atomic E-state index is 0.301. The third-order valence-electron chi connectivity index (χ3n) is 1.79. The smallest absolute Gasteiger partial charge is 0.335 e.